The highest BCUT2D eigenvalue weighted by Crippen LogP contribution is 2.31. The molecule has 0 aromatic rings. The zero-order valence-electron chi connectivity index (χ0n) is 18.7. The largest absolute Gasteiger partial charge is 0.321 e. The second kappa shape index (κ2) is 22.1. The van der Waals surface area contributed by atoms with Crippen LogP contribution in [0.3, 0.4) is 0 Å². The van der Waals surface area contributed by atoms with Crippen LogP contribution in [-0.4, -0.2) is 18.1 Å². The van der Waals surface area contributed by atoms with Crippen LogP contribution in [0.2, 0.25) is 0 Å². The van der Waals surface area contributed by atoms with Gasteiger partial charge >= 0.3 is 0 Å². The van der Waals surface area contributed by atoms with E-state index in [0.29, 0.717) is 17.7 Å². The minimum absolute atomic E-state index is 0.187. The van der Waals surface area contributed by atoms with Crippen LogP contribution in [0.1, 0.15) is 60.8 Å². The van der Waals surface area contributed by atoms with Gasteiger partial charge in [-0.3, -0.25) is 0 Å². The van der Waals surface area contributed by atoms with Crippen molar-refractivity contribution < 1.29 is 4.39 Å². The van der Waals surface area contributed by atoms with Crippen LogP contribution in [0.5, 0.6) is 0 Å². The molecule has 0 aromatic carbocycles. The van der Waals surface area contributed by atoms with Gasteiger partial charge in [0.1, 0.15) is 5.83 Å². The first-order valence-electron chi connectivity index (χ1n) is 9.83. The van der Waals surface area contributed by atoms with Gasteiger partial charge < -0.3 is 5.73 Å². The van der Waals surface area contributed by atoms with E-state index in [1.165, 1.54) is 13.0 Å². The maximum absolute atomic E-state index is 13.9. The SMILES string of the molecule is C=C/C(CS)=C(SC)/C(=C/C(N)C1=C(F)C=CCC1)CC.CC.CC.CC#N. The monoisotopic (exact) mass is 426 g/mol. The third kappa shape index (κ3) is 12.3. The van der Waals surface area contributed by atoms with Crippen molar-refractivity contribution in [1.82, 2.24) is 0 Å². The first-order valence-corrected chi connectivity index (χ1v) is 11.7. The van der Waals surface area contributed by atoms with E-state index in [2.05, 4.69) is 26.1 Å². The average Bonchev–Trinajstić information content (AvgIpc) is 2.74. The number of thioether (sulfide) groups is 1. The molecular weight excluding hydrogens is 387 g/mol. The molecule has 0 saturated carbocycles. The summed E-state index contributed by atoms with van der Waals surface area (Å²) in [7, 11) is 0. The van der Waals surface area contributed by atoms with E-state index >= 15 is 0 Å². The Balaban J connectivity index is -0.000000789. The Morgan fingerprint density at radius 3 is 2.32 bits per heavy atom. The highest BCUT2D eigenvalue weighted by molar-refractivity contribution is 8.02. The maximum atomic E-state index is 13.9. The molecule has 0 heterocycles. The van der Waals surface area contributed by atoms with Crippen molar-refractivity contribution in [3.63, 3.8) is 0 Å². The fraction of sp³-hybridized carbons (Fsp3) is 0.522. The first kappa shape index (κ1) is 31.5. The van der Waals surface area contributed by atoms with E-state index in [9.17, 15) is 4.39 Å². The smallest absolute Gasteiger partial charge is 0.123 e. The van der Waals surface area contributed by atoms with E-state index in [-0.39, 0.29) is 11.9 Å². The molecule has 0 aromatic heterocycles. The summed E-state index contributed by atoms with van der Waals surface area (Å²) in [6.45, 7) is 15.4. The van der Waals surface area contributed by atoms with Gasteiger partial charge in [-0.05, 0) is 48.3 Å². The standard InChI is InChI=1S/C17H24FNS2.C2H3N.2C2H6/c1-4-12(17(21-3)13(5-2)11-20)10-16(19)14-8-6-7-9-15(14)18;1-2-3;2*1-2/h5,7,9-10,16,20H,2,4,6,8,11,19H2,1,3H3;1H3;2*1-2H3/b12-10+,17-13+;;;. The van der Waals surface area contributed by atoms with Crippen molar-refractivity contribution in [2.75, 3.05) is 12.0 Å². The Morgan fingerprint density at radius 1 is 1.43 bits per heavy atom. The molecule has 0 radical (unpaired) electrons. The summed E-state index contributed by atoms with van der Waals surface area (Å²) < 4.78 is 13.9. The molecule has 1 aliphatic carbocycles. The van der Waals surface area contributed by atoms with Crippen LogP contribution >= 0.6 is 24.4 Å². The maximum Gasteiger partial charge on any atom is 0.123 e. The lowest BCUT2D eigenvalue weighted by molar-refractivity contribution is 0.619. The summed E-state index contributed by atoms with van der Waals surface area (Å²) >= 11 is 6.01. The molecule has 5 heteroatoms. The number of halogens is 1. The molecule has 0 spiro atoms. The highest BCUT2D eigenvalue weighted by Gasteiger charge is 2.16. The third-order valence-corrected chi connectivity index (χ3v) is 4.79. The molecule has 0 fully saturated rings. The van der Waals surface area contributed by atoms with Crippen molar-refractivity contribution in [2.45, 2.75) is 66.8 Å². The van der Waals surface area contributed by atoms with E-state index < -0.39 is 0 Å². The second-order valence-corrected chi connectivity index (χ2v) is 6.16. The molecule has 2 nitrogen and oxygen atoms in total. The van der Waals surface area contributed by atoms with E-state index in [4.69, 9.17) is 11.0 Å². The lowest BCUT2D eigenvalue weighted by Gasteiger charge is -2.18. The third-order valence-electron chi connectivity index (χ3n) is 3.52. The molecule has 1 aliphatic rings. The summed E-state index contributed by atoms with van der Waals surface area (Å²) in [4.78, 5) is 1.14. The zero-order valence-corrected chi connectivity index (χ0v) is 20.4. The van der Waals surface area contributed by atoms with Crippen molar-refractivity contribution in [3.8, 4) is 6.07 Å². The van der Waals surface area contributed by atoms with E-state index in [1.807, 2.05) is 52.2 Å². The molecule has 1 unspecified atom stereocenters. The Hall–Kier alpha value is -1.22. The predicted octanol–water partition coefficient (Wildman–Crippen LogP) is 7.54. The Bertz CT molecular complexity index is 582. The Morgan fingerprint density at radius 2 is 1.96 bits per heavy atom. The zero-order chi connectivity index (χ0) is 22.5. The summed E-state index contributed by atoms with van der Waals surface area (Å²) in [5, 5.41) is 7.32. The van der Waals surface area contributed by atoms with Crippen LogP contribution in [-0.2, 0) is 0 Å². The first-order chi connectivity index (χ1) is 13.5. The number of hydrogen-bond donors (Lipinski definition) is 2. The van der Waals surface area contributed by atoms with Crippen molar-refractivity contribution in [3.05, 3.63) is 58.3 Å². The van der Waals surface area contributed by atoms with Gasteiger partial charge in [0.15, 0.2) is 0 Å². The van der Waals surface area contributed by atoms with Gasteiger partial charge in [0.25, 0.3) is 0 Å². The van der Waals surface area contributed by atoms with Gasteiger partial charge in [-0.25, -0.2) is 4.39 Å². The fourth-order valence-corrected chi connectivity index (χ4v) is 3.63. The van der Waals surface area contributed by atoms with Crippen LogP contribution in [0, 0.1) is 11.3 Å². The number of nitrogens with two attached hydrogens (primary N) is 1. The van der Waals surface area contributed by atoms with Crippen molar-refractivity contribution in [1.29, 1.82) is 5.26 Å². The van der Waals surface area contributed by atoms with Gasteiger partial charge in [-0.2, -0.15) is 17.9 Å². The number of nitrogens with zero attached hydrogens (tertiary/aromatic N) is 1. The van der Waals surface area contributed by atoms with Crippen molar-refractivity contribution in [2.24, 2.45) is 5.73 Å². The molecular formula is C23H39FN2S2. The van der Waals surface area contributed by atoms with E-state index in [1.54, 1.807) is 17.8 Å². The molecule has 0 aliphatic heterocycles. The fourth-order valence-electron chi connectivity index (χ4n) is 2.35. The van der Waals surface area contributed by atoms with Crippen LogP contribution < -0.4 is 5.73 Å². The number of allylic oxidation sites excluding steroid dienone is 5. The lowest BCUT2D eigenvalue weighted by Crippen LogP contribution is -2.22. The molecule has 0 bridgehead atoms. The molecule has 2 N–H and O–H groups in total. The lowest BCUT2D eigenvalue weighted by atomic mass is 9.95. The summed E-state index contributed by atoms with van der Waals surface area (Å²) in [5.74, 6) is 0.444. The van der Waals surface area contributed by atoms with Crippen molar-refractivity contribution >= 4 is 24.4 Å². The number of rotatable bonds is 7. The molecule has 1 atom stereocenters. The van der Waals surface area contributed by atoms with Gasteiger partial charge in [0.05, 0.1) is 6.07 Å². The van der Waals surface area contributed by atoms with Gasteiger partial charge in [0, 0.05) is 23.6 Å². The minimum Gasteiger partial charge on any atom is -0.321 e. The minimum atomic E-state index is -0.377. The highest BCUT2D eigenvalue weighted by atomic mass is 32.2. The van der Waals surface area contributed by atoms with Crippen LogP contribution in [0.25, 0.3) is 0 Å². The normalized spacial score (nSPS) is 14.7. The Kier molecular flexibility index (Phi) is 24.8. The summed E-state index contributed by atoms with van der Waals surface area (Å²) in [6, 6.07) is 1.37. The van der Waals surface area contributed by atoms with Crippen LogP contribution in [0.4, 0.5) is 4.39 Å². The molecule has 0 saturated heterocycles. The molecule has 0 amide bonds. The van der Waals surface area contributed by atoms with E-state index in [0.717, 1.165) is 28.9 Å². The number of hydrogen-bond acceptors (Lipinski definition) is 4. The molecule has 1 rings (SSSR count). The summed E-state index contributed by atoms with van der Waals surface area (Å²) in [6.07, 6.45) is 11.6. The topological polar surface area (TPSA) is 49.8 Å². The molecule has 160 valence electrons. The number of nitriles is 1. The predicted molar refractivity (Wildman–Crippen MR) is 131 cm³/mol. The average molecular weight is 427 g/mol. The van der Waals surface area contributed by atoms with Crippen LogP contribution in [0.15, 0.2) is 58.3 Å². The van der Waals surface area contributed by atoms with Gasteiger partial charge in [-0.1, -0.05) is 59.4 Å². The molecule has 28 heavy (non-hydrogen) atoms. The van der Waals surface area contributed by atoms with Gasteiger partial charge in [0.2, 0.25) is 0 Å². The van der Waals surface area contributed by atoms with Gasteiger partial charge in [-0.15, -0.1) is 11.8 Å². The second-order valence-electron chi connectivity index (χ2n) is 5.03. The quantitative estimate of drug-likeness (QED) is 0.326. The summed E-state index contributed by atoms with van der Waals surface area (Å²) in [5.41, 5.74) is 9.12. The Labute approximate surface area is 183 Å². The number of thiol groups is 1.